The molecule has 0 N–H and O–H groups in total. The van der Waals surface area contributed by atoms with E-state index in [0.717, 1.165) is 42.8 Å². The number of thiophene rings is 1. The number of aryl methyl sites for hydroxylation is 1. The van der Waals surface area contributed by atoms with E-state index in [1.54, 1.807) is 17.4 Å². The molecule has 0 unspecified atom stereocenters. The van der Waals surface area contributed by atoms with Crippen LogP contribution in [0.1, 0.15) is 36.6 Å². The maximum atomic E-state index is 13.3. The molecule has 2 aliphatic heterocycles. The number of carbonyl (C=O) groups is 2. The number of likely N-dealkylation sites (tertiary alicyclic amines) is 2. The van der Waals surface area contributed by atoms with Crippen LogP contribution < -0.4 is 4.74 Å². The number of nitrogens with zero attached hydrogens (tertiary/aromatic N) is 2. The summed E-state index contributed by atoms with van der Waals surface area (Å²) >= 11 is 7.66. The molecule has 166 valence electrons. The second kappa shape index (κ2) is 9.61. The zero-order valence-electron chi connectivity index (χ0n) is 18.1. The average Bonchev–Trinajstić information content (AvgIpc) is 3.27. The molecule has 3 heterocycles. The predicted molar refractivity (Wildman–Crippen MR) is 124 cm³/mol. The van der Waals surface area contributed by atoms with Crippen LogP contribution in [0.25, 0.3) is 0 Å². The molecule has 4 rings (SSSR count). The van der Waals surface area contributed by atoms with E-state index in [9.17, 15) is 9.59 Å². The standard InChI is InChI=1S/C24H29ClN2O3S/c1-16-13-19(25)7-8-22(16)30-17(2)24(29)27-10-3-5-18-15-26(11-9-21(18)27)23(28)14-20-6-4-12-31-20/h4,6-8,12-13,17-18,21H,3,5,9-11,14-15H2,1-2H3/t17-,18+,21-/m0/s1. The van der Waals surface area contributed by atoms with Crippen LogP contribution in [0.5, 0.6) is 5.75 Å². The van der Waals surface area contributed by atoms with Gasteiger partial charge in [0, 0.05) is 35.6 Å². The van der Waals surface area contributed by atoms with E-state index in [2.05, 4.69) is 0 Å². The van der Waals surface area contributed by atoms with Crippen molar-refractivity contribution in [3.8, 4) is 5.75 Å². The lowest BCUT2D eigenvalue weighted by molar-refractivity contribution is -0.147. The van der Waals surface area contributed by atoms with Gasteiger partial charge >= 0.3 is 0 Å². The highest BCUT2D eigenvalue weighted by molar-refractivity contribution is 7.10. The largest absolute Gasteiger partial charge is 0.481 e. The Balaban J connectivity index is 1.38. The summed E-state index contributed by atoms with van der Waals surface area (Å²) in [5.41, 5.74) is 0.918. The van der Waals surface area contributed by atoms with E-state index < -0.39 is 6.10 Å². The third-order valence-electron chi connectivity index (χ3n) is 6.40. The molecule has 2 saturated heterocycles. The second-order valence-corrected chi connectivity index (χ2v) is 10.0. The van der Waals surface area contributed by atoms with Gasteiger partial charge in [-0.25, -0.2) is 0 Å². The highest BCUT2D eigenvalue weighted by Crippen LogP contribution is 2.32. The summed E-state index contributed by atoms with van der Waals surface area (Å²) in [5, 5.41) is 2.66. The van der Waals surface area contributed by atoms with Crippen LogP contribution in [-0.4, -0.2) is 53.4 Å². The minimum atomic E-state index is -0.558. The lowest BCUT2D eigenvalue weighted by Crippen LogP contribution is -2.58. The number of benzene rings is 1. The Morgan fingerprint density at radius 2 is 2.10 bits per heavy atom. The minimum absolute atomic E-state index is 0.0300. The summed E-state index contributed by atoms with van der Waals surface area (Å²) in [6.07, 6.45) is 2.77. The lowest BCUT2D eigenvalue weighted by atomic mass is 9.83. The molecule has 0 radical (unpaired) electrons. The van der Waals surface area contributed by atoms with Gasteiger partial charge in [0.1, 0.15) is 5.75 Å². The van der Waals surface area contributed by atoms with Gasteiger partial charge in [0.15, 0.2) is 6.10 Å². The Morgan fingerprint density at radius 1 is 1.26 bits per heavy atom. The van der Waals surface area contributed by atoms with Crippen LogP contribution in [0.3, 0.4) is 0 Å². The molecule has 5 nitrogen and oxygen atoms in total. The molecule has 31 heavy (non-hydrogen) atoms. The number of rotatable bonds is 5. The first-order valence-electron chi connectivity index (χ1n) is 11.0. The molecule has 2 amide bonds. The number of ether oxygens (including phenoxy) is 1. The van der Waals surface area contributed by atoms with Gasteiger partial charge < -0.3 is 14.5 Å². The summed E-state index contributed by atoms with van der Waals surface area (Å²) in [5.74, 6) is 1.25. The average molecular weight is 461 g/mol. The van der Waals surface area contributed by atoms with Gasteiger partial charge in [-0.1, -0.05) is 17.7 Å². The molecule has 0 aliphatic carbocycles. The first-order valence-corrected chi connectivity index (χ1v) is 12.2. The zero-order chi connectivity index (χ0) is 22.0. The van der Waals surface area contributed by atoms with Gasteiger partial charge in [-0.15, -0.1) is 11.3 Å². The quantitative estimate of drug-likeness (QED) is 0.657. The van der Waals surface area contributed by atoms with Gasteiger partial charge in [0.25, 0.3) is 5.91 Å². The van der Waals surface area contributed by atoms with Crippen molar-refractivity contribution in [2.45, 2.75) is 51.7 Å². The van der Waals surface area contributed by atoms with Crippen molar-refractivity contribution in [1.82, 2.24) is 9.80 Å². The van der Waals surface area contributed by atoms with Crippen molar-refractivity contribution in [2.75, 3.05) is 19.6 Å². The van der Waals surface area contributed by atoms with E-state index in [-0.39, 0.29) is 17.9 Å². The van der Waals surface area contributed by atoms with Crippen molar-refractivity contribution in [2.24, 2.45) is 5.92 Å². The van der Waals surface area contributed by atoms with Crippen LogP contribution in [0.2, 0.25) is 5.02 Å². The van der Waals surface area contributed by atoms with Crippen molar-refractivity contribution < 1.29 is 14.3 Å². The summed E-state index contributed by atoms with van der Waals surface area (Å²) in [4.78, 5) is 31.1. The summed E-state index contributed by atoms with van der Waals surface area (Å²) in [6.45, 7) is 5.96. The number of halogens is 1. The molecule has 1 aromatic heterocycles. The number of fused-ring (bicyclic) bond motifs is 1. The highest BCUT2D eigenvalue weighted by Gasteiger charge is 2.40. The predicted octanol–water partition coefficient (Wildman–Crippen LogP) is 4.56. The summed E-state index contributed by atoms with van der Waals surface area (Å²) in [6, 6.07) is 9.62. The molecular weight excluding hydrogens is 432 g/mol. The fourth-order valence-electron chi connectivity index (χ4n) is 4.80. The van der Waals surface area contributed by atoms with Crippen molar-refractivity contribution in [3.63, 3.8) is 0 Å². The van der Waals surface area contributed by atoms with Crippen LogP contribution >= 0.6 is 22.9 Å². The number of hydrogen-bond acceptors (Lipinski definition) is 4. The van der Waals surface area contributed by atoms with Crippen LogP contribution in [0.15, 0.2) is 35.7 Å². The Kier molecular flexibility index (Phi) is 6.87. The molecule has 2 aromatic rings. The van der Waals surface area contributed by atoms with Gasteiger partial charge in [-0.3, -0.25) is 9.59 Å². The minimum Gasteiger partial charge on any atom is -0.481 e. The molecule has 0 bridgehead atoms. The van der Waals surface area contributed by atoms with Gasteiger partial charge in [0.2, 0.25) is 5.91 Å². The van der Waals surface area contributed by atoms with Crippen molar-refractivity contribution in [3.05, 3.63) is 51.2 Å². The zero-order valence-corrected chi connectivity index (χ0v) is 19.6. The molecule has 7 heteroatoms. The SMILES string of the molecule is Cc1cc(Cl)ccc1O[C@@H](C)C(=O)N1CCC[C@@H]2CN(C(=O)Cc3cccs3)CC[C@@H]21. The first kappa shape index (κ1) is 22.2. The first-order chi connectivity index (χ1) is 14.9. The molecule has 1 aromatic carbocycles. The molecule has 0 spiro atoms. The van der Waals surface area contributed by atoms with Gasteiger partial charge in [0.05, 0.1) is 6.42 Å². The van der Waals surface area contributed by atoms with E-state index >= 15 is 0 Å². The topological polar surface area (TPSA) is 49.9 Å². The highest BCUT2D eigenvalue weighted by atomic mass is 35.5. The van der Waals surface area contributed by atoms with Crippen LogP contribution in [0, 0.1) is 12.8 Å². The van der Waals surface area contributed by atoms with E-state index in [4.69, 9.17) is 16.3 Å². The molecular formula is C24H29ClN2O3S. The Hall–Kier alpha value is -2.05. The Morgan fingerprint density at radius 3 is 2.84 bits per heavy atom. The molecule has 2 aliphatic rings. The maximum absolute atomic E-state index is 13.3. The van der Waals surface area contributed by atoms with Gasteiger partial charge in [-0.2, -0.15) is 0 Å². The summed E-state index contributed by atoms with van der Waals surface area (Å²) in [7, 11) is 0. The molecule has 3 atom stereocenters. The number of carbonyl (C=O) groups excluding carboxylic acids is 2. The van der Waals surface area contributed by atoms with Crippen molar-refractivity contribution in [1.29, 1.82) is 0 Å². The van der Waals surface area contributed by atoms with Crippen molar-refractivity contribution >= 4 is 34.8 Å². The van der Waals surface area contributed by atoms with Crippen LogP contribution in [-0.2, 0) is 16.0 Å². The van der Waals surface area contributed by atoms with Crippen LogP contribution in [0.4, 0.5) is 0 Å². The monoisotopic (exact) mass is 460 g/mol. The fourth-order valence-corrected chi connectivity index (χ4v) is 5.72. The smallest absolute Gasteiger partial charge is 0.263 e. The normalized spacial score (nSPS) is 22.0. The molecule has 2 fully saturated rings. The number of hydrogen-bond donors (Lipinski definition) is 0. The number of piperidine rings is 2. The second-order valence-electron chi connectivity index (χ2n) is 8.56. The third-order valence-corrected chi connectivity index (χ3v) is 7.51. The van der Waals surface area contributed by atoms with E-state index in [0.29, 0.717) is 29.7 Å². The Labute approximate surface area is 192 Å². The Bertz CT molecular complexity index is 933. The third kappa shape index (κ3) is 5.07. The summed E-state index contributed by atoms with van der Waals surface area (Å²) < 4.78 is 6.00. The van der Waals surface area contributed by atoms with E-state index in [1.807, 2.05) is 53.3 Å². The molecule has 0 saturated carbocycles. The number of amides is 2. The van der Waals surface area contributed by atoms with Gasteiger partial charge in [-0.05, 0) is 74.2 Å². The maximum Gasteiger partial charge on any atom is 0.263 e. The van der Waals surface area contributed by atoms with E-state index in [1.165, 1.54) is 0 Å². The fraction of sp³-hybridized carbons (Fsp3) is 0.500. The lowest BCUT2D eigenvalue weighted by Gasteiger charge is -2.47.